The molecular weight excluding hydrogens is 427 g/mol. The first-order chi connectivity index (χ1) is 11.3. The number of aromatic nitrogens is 2. The average Bonchev–Trinajstić information content (AvgIpc) is 2.73. The van der Waals surface area contributed by atoms with E-state index in [9.17, 15) is 0 Å². The zero-order chi connectivity index (χ0) is 18.3. The molecule has 0 aliphatic heterocycles. The molecule has 7 heteroatoms. The van der Waals surface area contributed by atoms with Gasteiger partial charge >= 0.3 is 0 Å². The highest BCUT2D eigenvalue weighted by Crippen LogP contribution is 2.12. The number of nitrogens with zero attached hydrogens (tertiary/aromatic N) is 4. The molecule has 0 aromatic carbocycles. The molecule has 0 spiro atoms. The van der Waals surface area contributed by atoms with E-state index in [1.165, 1.54) is 11.3 Å². The summed E-state index contributed by atoms with van der Waals surface area (Å²) in [6.07, 6.45) is 0. The van der Waals surface area contributed by atoms with Crippen LogP contribution < -0.4 is 10.6 Å². The minimum absolute atomic E-state index is 0. The Labute approximate surface area is 170 Å². The quantitative estimate of drug-likeness (QED) is 0.353. The van der Waals surface area contributed by atoms with Gasteiger partial charge in [0.05, 0.1) is 12.2 Å². The summed E-state index contributed by atoms with van der Waals surface area (Å²) in [6, 6.07) is 1.10. The van der Waals surface area contributed by atoms with Crippen molar-refractivity contribution < 1.29 is 0 Å². The number of aryl methyl sites for hydroxylation is 2. The maximum atomic E-state index is 4.73. The number of hydrogen-bond acceptors (Lipinski definition) is 3. The lowest BCUT2D eigenvalue weighted by molar-refractivity contribution is 0.178. The van der Waals surface area contributed by atoms with Gasteiger partial charge < -0.3 is 10.6 Å². The third-order valence-electron chi connectivity index (χ3n) is 4.39. The third kappa shape index (κ3) is 7.52. The Balaban J connectivity index is 0.00000576. The van der Waals surface area contributed by atoms with Crippen molar-refractivity contribution in [2.24, 2.45) is 12.0 Å². The van der Waals surface area contributed by atoms with E-state index >= 15 is 0 Å². The molecule has 0 unspecified atom stereocenters. The smallest absolute Gasteiger partial charge is 0.191 e. The standard InChI is InChI=1S/C18H36N6.HI/c1-9-19-18(20-10-11-24(13(2)3)14(4)5)21-12-17-15(6)22-23(8)16(17)7;/h13-14H,9-12H2,1-8H3,(H2,19,20,21);1H. The van der Waals surface area contributed by atoms with Crippen LogP contribution in [0, 0.1) is 13.8 Å². The fraction of sp³-hybridized carbons (Fsp3) is 0.778. The zero-order valence-corrected chi connectivity index (χ0v) is 19.5. The Morgan fingerprint density at radius 1 is 1.16 bits per heavy atom. The van der Waals surface area contributed by atoms with Crippen molar-refractivity contribution in [2.45, 2.75) is 67.1 Å². The first-order valence-corrected chi connectivity index (χ1v) is 9.04. The van der Waals surface area contributed by atoms with Gasteiger partial charge in [0.2, 0.25) is 0 Å². The zero-order valence-electron chi connectivity index (χ0n) is 17.2. The summed E-state index contributed by atoms with van der Waals surface area (Å²) < 4.78 is 1.92. The maximum Gasteiger partial charge on any atom is 0.191 e. The number of halogens is 1. The van der Waals surface area contributed by atoms with Crippen molar-refractivity contribution >= 4 is 29.9 Å². The maximum absolute atomic E-state index is 4.73. The van der Waals surface area contributed by atoms with E-state index in [0.717, 1.165) is 31.3 Å². The van der Waals surface area contributed by atoms with Gasteiger partial charge in [0.1, 0.15) is 0 Å². The molecule has 0 bridgehead atoms. The monoisotopic (exact) mass is 464 g/mol. The van der Waals surface area contributed by atoms with Crippen LogP contribution in [0.2, 0.25) is 0 Å². The molecule has 0 aliphatic rings. The van der Waals surface area contributed by atoms with Gasteiger partial charge in [-0.05, 0) is 48.5 Å². The highest BCUT2D eigenvalue weighted by Gasteiger charge is 2.13. The van der Waals surface area contributed by atoms with E-state index < -0.39 is 0 Å². The molecule has 1 heterocycles. The minimum Gasteiger partial charge on any atom is -0.357 e. The van der Waals surface area contributed by atoms with Gasteiger partial charge in [-0.3, -0.25) is 9.58 Å². The fourth-order valence-electron chi connectivity index (χ4n) is 2.96. The largest absolute Gasteiger partial charge is 0.357 e. The summed E-state index contributed by atoms with van der Waals surface area (Å²) in [5, 5.41) is 11.2. The first kappa shape index (κ1) is 24.2. The second kappa shape index (κ2) is 11.7. The highest BCUT2D eigenvalue weighted by atomic mass is 127. The molecule has 0 atom stereocenters. The van der Waals surface area contributed by atoms with Gasteiger partial charge in [0.25, 0.3) is 0 Å². The Bertz CT molecular complexity index is 528. The van der Waals surface area contributed by atoms with Crippen molar-refractivity contribution in [3.63, 3.8) is 0 Å². The second-order valence-corrected chi connectivity index (χ2v) is 6.82. The van der Waals surface area contributed by atoms with Crippen LogP contribution in [0.4, 0.5) is 0 Å². The van der Waals surface area contributed by atoms with Gasteiger partial charge in [-0.15, -0.1) is 24.0 Å². The lowest BCUT2D eigenvalue weighted by Gasteiger charge is -2.30. The lowest BCUT2D eigenvalue weighted by atomic mass is 10.2. The molecule has 0 fully saturated rings. The molecule has 1 aromatic rings. The Morgan fingerprint density at radius 2 is 1.76 bits per heavy atom. The van der Waals surface area contributed by atoms with Crippen molar-refractivity contribution in [2.75, 3.05) is 19.6 Å². The van der Waals surface area contributed by atoms with Crippen LogP contribution in [-0.4, -0.2) is 52.4 Å². The number of nitrogens with one attached hydrogen (secondary N) is 2. The number of rotatable bonds is 8. The SMILES string of the molecule is CCNC(=NCc1c(C)nn(C)c1C)NCCN(C(C)C)C(C)C.I. The summed E-state index contributed by atoms with van der Waals surface area (Å²) in [6.45, 7) is 18.6. The van der Waals surface area contributed by atoms with Gasteiger partial charge in [-0.25, -0.2) is 4.99 Å². The fourth-order valence-corrected chi connectivity index (χ4v) is 2.96. The van der Waals surface area contributed by atoms with Crippen molar-refractivity contribution in [1.82, 2.24) is 25.3 Å². The van der Waals surface area contributed by atoms with E-state index in [1.807, 2.05) is 18.7 Å². The second-order valence-electron chi connectivity index (χ2n) is 6.82. The normalized spacial score (nSPS) is 12.0. The molecule has 2 N–H and O–H groups in total. The van der Waals surface area contributed by atoms with Crippen molar-refractivity contribution in [3.05, 3.63) is 17.0 Å². The van der Waals surface area contributed by atoms with Crippen LogP contribution in [0.25, 0.3) is 0 Å². The number of aliphatic imine (C=N–C) groups is 1. The van der Waals surface area contributed by atoms with Crippen molar-refractivity contribution in [1.29, 1.82) is 0 Å². The molecule has 1 rings (SSSR count). The van der Waals surface area contributed by atoms with Crippen LogP contribution in [0.1, 0.15) is 51.6 Å². The molecule has 25 heavy (non-hydrogen) atoms. The van der Waals surface area contributed by atoms with Gasteiger partial charge in [0.15, 0.2) is 5.96 Å². The van der Waals surface area contributed by atoms with E-state index in [0.29, 0.717) is 18.6 Å². The first-order valence-electron chi connectivity index (χ1n) is 9.04. The summed E-state index contributed by atoms with van der Waals surface area (Å²) >= 11 is 0. The van der Waals surface area contributed by atoms with Gasteiger partial charge in [0, 0.05) is 50.0 Å². The van der Waals surface area contributed by atoms with E-state index in [4.69, 9.17) is 4.99 Å². The molecule has 0 amide bonds. The van der Waals surface area contributed by atoms with Crippen LogP contribution in [0.15, 0.2) is 4.99 Å². The molecule has 0 saturated heterocycles. The summed E-state index contributed by atoms with van der Waals surface area (Å²) in [4.78, 5) is 7.21. The molecular formula is C18H37IN6. The third-order valence-corrected chi connectivity index (χ3v) is 4.39. The van der Waals surface area contributed by atoms with E-state index in [1.54, 1.807) is 0 Å². The topological polar surface area (TPSA) is 57.5 Å². The predicted octanol–water partition coefficient (Wildman–Crippen LogP) is 2.83. The summed E-state index contributed by atoms with van der Waals surface area (Å²) in [5.41, 5.74) is 3.44. The minimum atomic E-state index is 0. The lowest BCUT2D eigenvalue weighted by Crippen LogP contribution is -2.45. The average molecular weight is 464 g/mol. The van der Waals surface area contributed by atoms with Crippen molar-refractivity contribution in [3.8, 4) is 0 Å². The van der Waals surface area contributed by atoms with E-state index in [-0.39, 0.29) is 24.0 Å². The number of hydrogen-bond donors (Lipinski definition) is 2. The molecule has 0 radical (unpaired) electrons. The Kier molecular flexibility index (Phi) is 11.3. The van der Waals surface area contributed by atoms with E-state index in [2.05, 4.69) is 62.2 Å². The predicted molar refractivity (Wildman–Crippen MR) is 118 cm³/mol. The molecule has 146 valence electrons. The van der Waals surface area contributed by atoms with Gasteiger partial charge in [-0.1, -0.05) is 0 Å². The van der Waals surface area contributed by atoms with Crippen LogP contribution >= 0.6 is 24.0 Å². The van der Waals surface area contributed by atoms with Crippen LogP contribution in [-0.2, 0) is 13.6 Å². The van der Waals surface area contributed by atoms with Gasteiger partial charge in [-0.2, -0.15) is 5.10 Å². The van der Waals surface area contributed by atoms with Crippen LogP contribution in [0.3, 0.4) is 0 Å². The summed E-state index contributed by atoms with van der Waals surface area (Å²) in [7, 11) is 1.98. The molecule has 0 aliphatic carbocycles. The Hall–Kier alpha value is -0.830. The Morgan fingerprint density at radius 3 is 2.20 bits per heavy atom. The summed E-state index contributed by atoms with van der Waals surface area (Å²) in [5.74, 6) is 0.868. The number of guanidine groups is 1. The molecule has 1 aromatic heterocycles. The molecule has 6 nitrogen and oxygen atoms in total. The molecule has 0 saturated carbocycles. The van der Waals surface area contributed by atoms with Crippen LogP contribution in [0.5, 0.6) is 0 Å². The highest BCUT2D eigenvalue weighted by molar-refractivity contribution is 14.0.